The normalized spacial score (nSPS) is 10.2. The highest BCUT2D eigenvalue weighted by molar-refractivity contribution is 5.66. The van der Waals surface area contributed by atoms with E-state index in [4.69, 9.17) is 10.5 Å². The molecule has 3 nitrogen and oxygen atoms in total. The molecule has 18 heavy (non-hydrogen) atoms. The SMILES string of the molecule is COc1cc(N)cc(Nc2c(F)cccc2F)c1. The summed E-state index contributed by atoms with van der Waals surface area (Å²) in [4.78, 5) is 0. The molecule has 0 atom stereocenters. The number of ether oxygens (including phenoxy) is 1. The first-order valence-electron chi connectivity index (χ1n) is 5.26. The van der Waals surface area contributed by atoms with E-state index in [0.29, 0.717) is 17.1 Å². The molecule has 0 saturated heterocycles. The largest absolute Gasteiger partial charge is 0.497 e. The zero-order valence-corrected chi connectivity index (χ0v) is 9.71. The number of anilines is 3. The van der Waals surface area contributed by atoms with Crippen LogP contribution in [0.3, 0.4) is 0 Å². The third-order valence-electron chi connectivity index (χ3n) is 2.40. The Hall–Kier alpha value is -2.30. The monoisotopic (exact) mass is 250 g/mol. The van der Waals surface area contributed by atoms with E-state index in [9.17, 15) is 8.78 Å². The van der Waals surface area contributed by atoms with Crippen molar-refractivity contribution in [2.75, 3.05) is 18.2 Å². The number of benzene rings is 2. The summed E-state index contributed by atoms with van der Waals surface area (Å²) in [6, 6.07) is 8.43. The molecule has 3 N–H and O–H groups in total. The minimum absolute atomic E-state index is 0.217. The number of hydrogen-bond donors (Lipinski definition) is 2. The number of nitrogens with one attached hydrogen (secondary N) is 1. The Balaban J connectivity index is 2.37. The summed E-state index contributed by atoms with van der Waals surface area (Å²) >= 11 is 0. The summed E-state index contributed by atoms with van der Waals surface area (Å²) in [5, 5.41) is 2.65. The third-order valence-corrected chi connectivity index (χ3v) is 2.40. The van der Waals surface area contributed by atoms with Gasteiger partial charge in [-0.25, -0.2) is 8.78 Å². The van der Waals surface area contributed by atoms with E-state index in [1.54, 1.807) is 18.2 Å². The molecule has 0 unspecified atom stereocenters. The van der Waals surface area contributed by atoms with E-state index in [1.807, 2.05) is 0 Å². The number of nitrogen functional groups attached to an aromatic ring is 1. The van der Waals surface area contributed by atoms with Gasteiger partial charge in [0.25, 0.3) is 0 Å². The minimum atomic E-state index is -0.670. The Morgan fingerprint density at radius 1 is 1.11 bits per heavy atom. The van der Waals surface area contributed by atoms with E-state index in [-0.39, 0.29) is 5.69 Å². The van der Waals surface area contributed by atoms with Gasteiger partial charge >= 0.3 is 0 Å². The Bertz CT molecular complexity index is 553. The Morgan fingerprint density at radius 2 is 1.78 bits per heavy atom. The number of halogens is 2. The zero-order chi connectivity index (χ0) is 13.1. The van der Waals surface area contributed by atoms with Crippen LogP contribution in [0.15, 0.2) is 36.4 Å². The molecule has 0 aromatic heterocycles. The number of hydrogen-bond acceptors (Lipinski definition) is 3. The molecule has 0 bridgehead atoms. The first kappa shape index (κ1) is 12.2. The Morgan fingerprint density at radius 3 is 2.39 bits per heavy atom. The van der Waals surface area contributed by atoms with Crippen molar-refractivity contribution in [2.45, 2.75) is 0 Å². The summed E-state index contributed by atoms with van der Waals surface area (Å²) in [5.74, 6) is -0.831. The maximum Gasteiger partial charge on any atom is 0.149 e. The van der Waals surface area contributed by atoms with Gasteiger partial charge in [0.2, 0.25) is 0 Å². The summed E-state index contributed by atoms with van der Waals surface area (Å²) in [6.45, 7) is 0. The zero-order valence-electron chi connectivity index (χ0n) is 9.71. The van der Waals surface area contributed by atoms with Crippen LogP contribution in [-0.4, -0.2) is 7.11 Å². The van der Waals surface area contributed by atoms with Gasteiger partial charge in [0.15, 0.2) is 0 Å². The summed E-state index contributed by atoms with van der Waals surface area (Å²) < 4.78 is 31.9. The van der Waals surface area contributed by atoms with Crippen molar-refractivity contribution in [1.29, 1.82) is 0 Å². The molecule has 0 saturated carbocycles. The van der Waals surface area contributed by atoms with E-state index in [2.05, 4.69) is 5.32 Å². The summed E-state index contributed by atoms with van der Waals surface area (Å²) in [6.07, 6.45) is 0. The van der Waals surface area contributed by atoms with E-state index >= 15 is 0 Å². The molecule has 2 rings (SSSR count). The van der Waals surface area contributed by atoms with Crippen molar-refractivity contribution >= 4 is 17.1 Å². The van der Waals surface area contributed by atoms with Gasteiger partial charge in [0.05, 0.1) is 7.11 Å². The van der Waals surface area contributed by atoms with Gasteiger partial charge in [-0.1, -0.05) is 6.07 Å². The van der Waals surface area contributed by atoms with Crippen LogP contribution >= 0.6 is 0 Å². The Labute approximate surface area is 103 Å². The fraction of sp³-hybridized carbons (Fsp3) is 0.0769. The van der Waals surface area contributed by atoms with Crippen LogP contribution in [0.1, 0.15) is 0 Å². The van der Waals surface area contributed by atoms with Gasteiger partial charge in [-0.2, -0.15) is 0 Å². The van der Waals surface area contributed by atoms with E-state index in [0.717, 1.165) is 0 Å². The predicted octanol–water partition coefficient (Wildman–Crippen LogP) is 3.30. The second-order valence-electron chi connectivity index (χ2n) is 3.72. The fourth-order valence-corrected chi connectivity index (χ4v) is 1.57. The van der Waals surface area contributed by atoms with Crippen molar-refractivity contribution in [3.8, 4) is 5.75 Å². The van der Waals surface area contributed by atoms with Gasteiger partial charge in [-0.05, 0) is 18.2 Å². The van der Waals surface area contributed by atoms with Gasteiger partial charge in [0.1, 0.15) is 23.1 Å². The van der Waals surface area contributed by atoms with E-state index in [1.165, 1.54) is 25.3 Å². The predicted molar refractivity (Wildman–Crippen MR) is 67.0 cm³/mol. The molecule has 2 aromatic carbocycles. The number of rotatable bonds is 3. The quantitative estimate of drug-likeness (QED) is 0.822. The van der Waals surface area contributed by atoms with Crippen molar-refractivity contribution < 1.29 is 13.5 Å². The van der Waals surface area contributed by atoms with Crippen molar-refractivity contribution in [1.82, 2.24) is 0 Å². The van der Waals surface area contributed by atoms with Crippen LogP contribution in [0.25, 0.3) is 0 Å². The first-order chi connectivity index (χ1) is 8.60. The third kappa shape index (κ3) is 2.51. The molecule has 2 aromatic rings. The molecule has 94 valence electrons. The highest BCUT2D eigenvalue weighted by Gasteiger charge is 2.09. The second kappa shape index (κ2) is 4.91. The van der Waals surface area contributed by atoms with Crippen molar-refractivity contribution in [2.24, 2.45) is 0 Å². The maximum atomic E-state index is 13.5. The van der Waals surface area contributed by atoms with Crippen molar-refractivity contribution in [3.05, 3.63) is 48.0 Å². The van der Waals surface area contributed by atoms with Crippen molar-refractivity contribution in [3.63, 3.8) is 0 Å². The molecule has 0 spiro atoms. The Kier molecular flexibility index (Phi) is 3.32. The topological polar surface area (TPSA) is 47.3 Å². The average Bonchev–Trinajstić information content (AvgIpc) is 2.33. The van der Waals surface area contributed by atoms with Crippen LogP contribution in [-0.2, 0) is 0 Å². The molecule has 0 fully saturated rings. The van der Waals surface area contributed by atoms with Crippen LogP contribution < -0.4 is 15.8 Å². The smallest absolute Gasteiger partial charge is 0.149 e. The van der Waals surface area contributed by atoms with Gasteiger partial charge < -0.3 is 15.8 Å². The molecule has 0 aliphatic rings. The second-order valence-corrected chi connectivity index (χ2v) is 3.72. The highest BCUT2D eigenvalue weighted by atomic mass is 19.1. The lowest BCUT2D eigenvalue weighted by molar-refractivity contribution is 0.415. The van der Waals surface area contributed by atoms with Crippen LogP contribution in [0, 0.1) is 11.6 Å². The lowest BCUT2D eigenvalue weighted by Gasteiger charge is -2.11. The molecule has 0 aliphatic heterocycles. The minimum Gasteiger partial charge on any atom is -0.497 e. The lowest BCUT2D eigenvalue weighted by Crippen LogP contribution is -1.99. The molecular weight excluding hydrogens is 238 g/mol. The molecule has 5 heteroatoms. The van der Waals surface area contributed by atoms with Gasteiger partial charge in [-0.15, -0.1) is 0 Å². The van der Waals surface area contributed by atoms with Crippen LogP contribution in [0.2, 0.25) is 0 Å². The summed E-state index contributed by atoms with van der Waals surface area (Å²) in [7, 11) is 1.49. The number of para-hydroxylation sites is 1. The highest BCUT2D eigenvalue weighted by Crippen LogP contribution is 2.27. The van der Waals surface area contributed by atoms with Crippen LogP contribution in [0.5, 0.6) is 5.75 Å². The fourth-order valence-electron chi connectivity index (χ4n) is 1.57. The molecule has 0 amide bonds. The first-order valence-corrected chi connectivity index (χ1v) is 5.26. The molecular formula is C13H12F2N2O. The lowest BCUT2D eigenvalue weighted by atomic mass is 10.2. The summed E-state index contributed by atoms with van der Waals surface area (Å²) in [5.41, 5.74) is 6.33. The molecule has 0 heterocycles. The number of nitrogens with two attached hydrogens (primary N) is 1. The molecule has 0 aliphatic carbocycles. The number of methoxy groups -OCH3 is 1. The maximum absolute atomic E-state index is 13.5. The molecule has 0 radical (unpaired) electrons. The standard InChI is InChI=1S/C13H12F2N2O/c1-18-10-6-8(16)5-9(7-10)17-13-11(14)3-2-4-12(13)15/h2-7,17H,16H2,1H3. The van der Waals surface area contributed by atoms with Gasteiger partial charge in [-0.3, -0.25) is 0 Å². The van der Waals surface area contributed by atoms with Crippen LogP contribution in [0.4, 0.5) is 25.8 Å². The van der Waals surface area contributed by atoms with E-state index < -0.39 is 11.6 Å². The average molecular weight is 250 g/mol. The van der Waals surface area contributed by atoms with Gasteiger partial charge in [0, 0.05) is 23.5 Å².